The second-order valence-electron chi connectivity index (χ2n) is 5.16. The Bertz CT molecular complexity index is 430. The Hall–Kier alpha value is -1.26. The van der Waals surface area contributed by atoms with Gasteiger partial charge >= 0.3 is 5.97 Å². The van der Waals surface area contributed by atoms with Crippen LogP contribution in [-0.2, 0) is 4.79 Å². The van der Waals surface area contributed by atoms with Gasteiger partial charge in [0.2, 0.25) is 0 Å². The number of benzene rings is 1. The van der Waals surface area contributed by atoms with Gasteiger partial charge in [0.25, 0.3) is 0 Å². The van der Waals surface area contributed by atoms with Crippen molar-refractivity contribution < 1.29 is 9.90 Å². The molecule has 0 bridgehead atoms. The topological polar surface area (TPSA) is 43.8 Å². The first-order valence-electron chi connectivity index (χ1n) is 7.10. The van der Waals surface area contributed by atoms with Crippen molar-refractivity contribution >= 4 is 23.3 Å². The summed E-state index contributed by atoms with van der Waals surface area (Å²) in [7, 11) is 0. The van der Waals surface area contributed by atoms with E-state index in [0.29, 0.717) is 11.6 Å². The number of halogens is 1. The van der Waals surface area contributed by atoms with Gasteiger partial charge in [-0.15, -0.1) is 0 Å². The van der Waals surface area contributed by atoms with Gasteiger partial charge in [-0.05, 0) is 50.2 Å². The summed E-state index contributed by atoms with van der Waals surface area (Å²) in [6.07, 6.45) is 2.70. The van der Waals surface area contributed by atoms with Crippen molar-refractivity contribution in [2.24, 2.45) is 0 Å². The van der Waals surface area contributed by atoms with Gasteiger partial charge in [0.1, 0.15) is 0 Å². The second-order valence-corrected chi connectivity index (χ2v) is 5.59. The van der Waals surface area contributed by atoms with Gasteiger partial charge < -0.3 is 14.9 Å². The highest BCUT2D eigenvalue weighted by Gasteiger charge is 2.14. The van der Waals surface area contributed by atoms with Gasteiger partial charge in [0, 0.05) is 30.3 Å². The highest BCUT2D eigenvalue weighted by molar-refractivity contribution is 6.30. The van der Waals surface area contributed by atoms with Gasteiger partial charge in [-0.1, -0.05) is 11.6 Å². The fraction of sp³-hybridized carbons (Fsp3) is 0.533. The number of anilines is 1. The average molecular weight is 297 g/mol. The van der Waals surface area contributed by atoms with Gasteiger partial charge in [-0.25, -0.2) is 0 Å². The van der Waals surface area contributed by atoms with E-state index in [9.17, 15) is 4.79 Å². The molecule has 0 aliphatic carbocycles. The summed E-state index contributed by atoms with van der Waals surface area (Å²) in [6, 6.07) is 7.60. The molecule has 5 heteroatoms. The van der Waals surface area contributed by atoms with E-state index in [2.05, 4.69) is 9.80 Å². The molecule has 2 rings (SSSR count). The number of carboxylic acids is 1. The van der Waals surface area contributed by atoms with Crippen molar-refractivity contribution in [1.29, 1.82) is 0 Å². The number of hydrogen-bond acceptors (Lipinski definition) is 3. The molecular weight excluding hydrogens is 276 g/mol. The van der Waals surface area contributed by atoms with E-state index in [-0.39, 0.29) is 6.42 Å². The Morgan fingerprint density at radius 3 is 2.45 bits per heavy atom. The monoisotopic (exact) mass is 296 g/mol. The van der Waals surface area contributed by atoms with Crippen molar-refractivity contribution in [3.8, 4) is 0 Å². The molecule has 1 N–H and O–H groups in total. The summed E-state index contributed by atoms with van der Waals surface area (Å²) in [5.74, 6) is -0.759. The van der Waals surface area contributed by atoms with Crippen LogP contribution in [0, 0.1) is 0 Å². The minimum absolute atomic E-state index is 0.155. The molecule has 1 aliphatic heterocycles. The molecule has 0 radical (unpaired) electrons. The molecule has 1 aromatic rings. The first-order valence-corrected chi connectivity index (χ1v) is 7.47. The quantitative estimate of drug-likeness (QED) is 0.840. The molecule has 0 atom stereocenters. The summed E-state index contributed by atoms with van der Waals surface area (Å²) in [5.41, 5.74) is 1.04. The molecular formula is C15H21ClN2O2. The Labute approximate surface area is 124 Å². The highest BCUT2D eigenvalue weighted by atomic mass is 35.5. The Kier molecular flexibility index (Phi) is 5.68. The standard InChI is InChI=1S/C15H21ClN2O2/c16-13-3-5-14(6-4-13)18(10-7-15(19)20)12-11-17-8-1-2-9-17/h3-6H,1-2,7-12H2,(H,19,20). The highest BCUT2D eigenvalue weighted by Crippen LogP contribution is 2.18. The maximum Gasteiger partial charge on any atom is 0.305 e. The molecule has 0 saturated carbocycles. The molecule has 0 amide bonds. The van der Waals surface area contributed by atoms with Crippen molar-refractivity contribution in [2.75, 3.05) is 37.6 Å². The van der Waals surface area contributed by atoms with Crippen LogP contribution in [0.1, 0.15) is 19.3 Å². The average Bonchev–Trinajstić information content (AvgIpc) is 2.93. The lowest BCUT2D eigenvalue weighted by molar-refractivity contribution is -0.136. The molecule has 1 fully saturated rings. The third-order valence-corrected chi connectivity index (χ3v) is 3.92. The Morgan fingerprint density at radius 1 is 1.20 bits per heavy atom. The van der Waals surface area contributed by atoms with E-state index in [4.69, 9.17) is 16.7 Å². The van der Waals surface area contributed by atoms with Crippen molar-refractivity contribution in [3.05, 3.63) is 29.3 Å². The fourth-order valence-electron chi connectivity index (χ4n) is 2.52. The van der Waals surface area contributed by atoms with Crippen molar-refractivity contribution in [2.45, 2.75) is 19.3 Å². The van der Waals surface area contributed by atoms with Crippen LogP contribution in [0.5, 0.6) is 0 Å². The molecule has 0 aromatic heterocycles. The van der Waals surface area contributed by atoms with Crippen LogP contribution >= 0.6 is 11.6 Å². The Balaban J connectivity index is 1.95. The summed E-state index contributed by atoms with van der Waals surface area (Å²) in [5, 5.41) is 9.58. The Morgan fingerprint density at radius 2 is 1.85 bits per heavy atom. The van der Waals surface area contributed by atoms with Crippen LogP contribution in [0.25, 0.3) is 0 Å². The summed E-state index contributed by atoms with van der Waals surface area (Å²) < 4.78 is 0. The van der Waals surface area contributed by atoms with Crippen LogP contribution in [0.15, 0.2) is 24.3 Å². The summed E-state index contributed by atoms with van der Waals surface area (Å²) in [4.78, 5) is 15.4. The SMILES string of the molecule is O=C(O)CCN(CCN1CCCC1)c1ccc(Cl)cc1. The minimum Gasteiger partial charge on any atom is -0.481 e. The maximum absolute atomic E-state index is 10.8. The maximum atomic E-state index is 10.8. The fourth-order valence-corrected chi connectivity index (χ4v) is 2.65. The molecule has 1 saturated heterocycles. The van der Waals surface area contributed by atoms with Gasteiger partial charge in [-0.3, -0.25) is 4.79 Å². The third-order valence-electron chi connectivity index (χ3n) is 3.67. The van der Waals surface area contributed by atoms with Crippen molar-refractivity contribution in [1.82, 2.24) is 4.90 Å². The lowest BCUT2D eigenvalue weighted by Gasteiger charge is -2.27. The molecule has 1 aliphatic rings. The van der Waals surface area contributed by atoms with Crippen LogP contribution in [-0.4, -0.2) is 48.7 Å². The molecule has 0 unspecified atom stereocenters. The van der Waals surface area contributed by atoms with Crippen LogP contribution < -0.4 is 4.90 Å². The zero-order chi connectivity index (χ0) is 14.4. The normalized spacial score (nSPS) is 15.4. The lowest BCUT2D eigenvalue weighted by atomic mass is 10.2. The molecule has 110 valence electrons. The third kappa shape index (κ3) is 4.69. The zero-order valence-corrected chi connectivity index (χ0v) is 12.4. The van der Waals surface area contributed by atoms with Crippen molar-refractivity contribution in [3.63, 3.8) is 0 Å². The van der Waals surface area contributed by atoms with Gasteiger partial charge in [0.15, 0.2) is 0 Å². The summed E-state index contributed by atoms with van der Waals surface area (Å²) >= 11 is 5.90. The number of rotatable bonds is 7. The number of hydrogen-bond donors (Lipinski definition) is 1. The lowest BCUT2D eigenvalue weighted by Crippen LogP contribution is -2.35. The zero-order valence-electron chi connectivity index (χ0n) is 11.6. The van der Waals surface area contributed by atoms with E-state index in [1.54, 1.807) is 0 Å². The van der Waals surface area contributed by atoms with E-state index in [1.807, 2.05) is 24.3 Å². The van der Waals surface area contributed by atoms with E-state index in [0.717, 1.165) is 31.9 Å². The van der Waals surface area contributed by atoms with E-state index in [1.165, 1.54) is 12.8 Å². The van der Waals surface area contributed by atoms with Gasteiger partial charge in [0.05, 0.1) is 6.42 Å². The second kappa shape index (κ2) is 7.50. The summed E-state index contributed by atoms with van der Waals surface area (Å²) in [6.45, 7) is 4.70. The number of carbonyl (C=O) groups is 1. The predicted octanol–water partition coefficient (Wildman–Crippen LogP) is 2.72. The molecule has 4 nitrogen and oxygen atoms in total. The van der Waals surface area contributed by atoms with E-state index < -0.39 is 5.97 Å². The molecule has 1 aromatic carbocycles. The minimum atomic E-state index is -0.759. The van der Waals surface area contributed by atoms with Crippen LogP contribution in [0.4, 0.5) is 5.69 Å². The smallest absolute Gasteiger partial charge is 0.305 e. The molecule has 20 heavy (non-hydrogen) atoms. The number of aliphatic carboxylic acids is 1. The first-order chi connectivity index (χ1) is 9.65. The number of likely N-dealkylation sites (tertiary alicyclic amines) is 1. The van der Waals surface area contributed by atoms with E-state index >= 15 is 0 Å². The first kappa shape index (κ1) is 15.1. The number of carboxylic acid groups (broad SMARTS) is 1. The van der Waals surface area contributed by atoms with Crippen LogP contribution in [0.2, 0.25) is 5.02 Å². The van der Waals surface area contributed by atoms with Gasteiger partial charge in [-0.2, -0.15) is 0 Å². The largest absolute Gasteiger partial charge is 0.481 e. The van der Waals surface area contributed by atoms with Crippen LogP contribution in [0.3, 0.4) is 0 Å². The number of nitrogens with zero attached hydrogens (tertiary/aromatic N) is 2. The molecule has 0 spiro atoms. The predicted molar refractivity (Wildman–Crippen MR) is 81.6 cm³/mol. The molecule has 1 heterocycles.